The topological polar surface area (TPSA) is 35.2 Å². The Morgan fingerprint density at radius 2 is 1.89 bits per heavy atom. The number of benzene rings is 1. The van der Waals surface area contributed by atoms with Crippen LogP contribution in [0.15, 0.2) is 24.3 Å². The Morgan fingerprint density at radius 3 is 2.44 bits per heavy atom. The molecule has 2 N–H and O–H groups in total. The highest BCUT2D eigenvalue weighted by molar-refractivity contribution is 8.00. The summed E-state index contributed by atoms with van der Waals surface area (Å²) in [5.74, 6) is 7.70. The van der Waals surface area contributed by atoms with Crippen LogP contribution >= 0.6 is 11.8 Å². The van der Waals surface area contributed by atoms with E-state index in [1.54, 1.807) is 0 Å². The molecular formula is C15H21NOS. The van der Waals surface area contributed by atoms with E-state index in [-0.39, 0.29) is 0 Å². The van der Waals surface area contributed by atoms with E-state index in [2.05, 4.69) is 32.6 Å². The van der Waals surface area contributed by atoms with Crippen LogP contribution in [-0.4, -0.2) is 23.7 Å². The van der Waals surface area contributed by atoms with Gasteiger partial charge in [-0.25, -0.2) is 0 Å². The summed E-state index contributed by atoms with van der Waals surface area (Å²) in [5.41, 5.74) is 6.29. The van der Waals surface area contributed by atoms with Crippen molar-refractivity contribution in [2.45, 2.75) is 25.5 Å². The Kier molecular flexibility index (Phi) is 6.11. The van der Waals surface area contributed by atoms with E-state index in [1.807, 2.05) is 36.0 Å². The Labute approximate surface area is 114 Å². The summed E-state index contributed by atoms with van der Waals surface area (Å²) >= 11 is 1.91. The lowest BCUT2D eigenvalue weighted by Gasteiger charge is -2.17. The van der Waals surface area contributed by atoms with Crippen LogP contribution in [-0.2, 0) is 0 Å². The summed E-state index contributed by atoms with van der Waals surface area (Å²) in [6.07, 6.45) is 0. The molecular weight excluding hydrogens is 242 g/mol. The van der Waals surface area contributed by atoms with Crippen molar-refractivity contribution in [1.82, 2.24) is 0 Å². The van der Waals surface area contributed by atoms with Crippen molar-refractivity contribution < 1.29 is 4.74 Å². The van der Waals surface area contributed by atoms with Crippen LogP contribution in [0.5, 0.6) is 5.75 Å². The molecule has 0 atom stereocenters. The molecule has 0 aliphatic carbocycles. The van der Waals surface area contributed by atoms with Crippen molar-refractivity contribution in [3.63, 3.8) is 0 Å². The van der Waals surface area contributed by atoms with Crippen LogP contribution in [0, 0.1) is 11.8 Å². The van der Waals surface area contributed by atoms with Gasteiger partial charge in [0.1, 0.15) is 5.75 Å². The van der Waals surface area contributed by atoms with E-state index in [4.69, 9.17) is 10.5 Å². The zero-order valence-corrected chi connectivity index (χ0v) is 12.1. The molecule has 3 heteroatoms. The average molecular weight is 263 g/mol. The molecule has 0 unspecified atom stereocenters. The molecule has 0 fully saturated rings. The van der Waals surface area contributed by atoms with Gasteiger partial charge in [0, 0.05) is 16.1 Å². The lowest BCUT2D eigenvalue weighted by Crippen LogP contribution is -2.11. The number of thioether (sulfide) groups is 1. The molecule has 0 saturated carbocycles. The molecule has 0 aromatic heterocycles. The minimum Gasteiger partial charge on any atom is -0.493 e. The van der Waals surface area contributed by atoms with Gasteiger partial charge < -0.3 is 10.5 Å². The fourth-order valence-corrected chi connectivity index (χ4v) is 2.07. The Hall–Kier alpha value is -1.11. The molecule has 0 saturated heterocycles. The van der Waals surface area contributed by atoms with Crippen LogP contribution in [0.4, 0.5) is 0 Å². The van der Waals surface area contributed by atoms with Gasteiger partial charge in [0.15, 0.2) is 0 Å². The molecule has 98 valence electrons. The molecule has 0 spiro atoms. The average Bonchev–Trinajstić information content (AvgIpc) is 2.32. The predicted octanol–water partition coefficient (Wildman–Crippen LogP) is 2.91. The predicted molar refractivity (Wildman–Crippen MR) is 80.1 cm³/mol. The van der Waals surface area contributed by atoms with Gasteiger partial charge in [-0.2, -0.15) is 11.8 Å². The molecule has 1 rings (SSSR count). The second-order valence-corrected chi connectivity index (χ2v) is 6.76. The summed E-state index contributed by atoms with van der Waals surface area (Å²) in [7, 11) is 0. The van der Waals surface area contributed by atoms with Gasteiger partial charge in [-0.05, 0) is 24.3 Å². The van der Waals surface area contributed by atoms with Crippen LogP contribution in [0.1, 0.15) is 26.3 Å². The van der Waals surface area contributed by atoms with E-state index in [0.29, 0.717) is 11.3 Å². The van der Waals surface area contributed by atoms with Gasteiger partial charge in [0.05, 0.1) is 13.2 Å². The second kappa shape index (κ2) is 7.35. The highest BCUT2D eigenvalue weighted by Crippen LogP contribution is 2.22. The van der Waals surface area contributed by atoms with Gasteiger partial charge in [0.25, 0.3) is 0 Å². The number of nitrogens with two attached hydrogens (primary N) is 1. The second-order valence-electron chi connectivity index (χ2n) is 4.84. The molecule has 2 nitrogen and oxygen atoms in total. The van der Waals surface area contributed by atoms with E-state index in [0.717, 1.165) is 23.7 Å². The molecule has 0 bridgehead atoms. The number of hydrogen-bond acceptors (Lipinski definition) is 3. The largest absolute Gasteiger partial charge is 0.493 e. The first-order chi connectivity index (χ1) is 8.51. The minimum absolute atomic E-state index is 0.297. The molecule has 18 heavy (non-hydrogen) atoms. The van der Waals surface area contributed by atoms with Crippen LogP contribution in [0.3, 0.4) is 0 Å². The first kappa shape index (κ1) is 14.9. The monoisotopic (exact) mass is 263 g/mol. The van der Waals surface area contributed by atoms with Crippen molar-refractivity contribution in [2.24, 2.45) is 5.73 Å². The zero-order chi connectivity index (χ0) is 13.4. The summed E-state index contributed by atoms with van der Waals surface area (Å²) in [6, 6.07) is 7.80. The first-order valence-electron chi connectivity index (χ1n) is 6.07. The quantitative estimate of drug-likeness (QED) is 0.670. The van der Waals surface area contributed by atoms with Crippen molar-refractivity contribution in [1.29, 1.82) is 0 Å². The van der Waals surface area contributed by atoms with Crippen molar-refractivity contribution in [2.75, 3.05) is 18.9 Å². The third-order valence-corrected chi connectivity index (χ3v) is 3.31. The maximum atomic E-state index is 5.67. The molecule has 0 heterocycles. The van der Waals surface area contributed by atoms with Gasteiger partial charge in [-0.15, -0.1) is 0 Å². The first-order valence-corrected chi connectivity index (χ1v) is 7.05. The lowest BCUT2D eigenvalue weighted by molar-refractivity contribution is 0.343. The van der Waals surface area contributed by atoms with Crippen LogP contribution < -0.4 is 10.5 Å². The summed E-state index contributed by atoms with van der Waals surface area (Å²) in [6.45, 7) is 7.76. The molecule has 1 aromatic carbocycles. The van der Waals surface area contributed by atoms with E-state index >= 15 is 0 Å². The van der Waals surface area contributed by atoms with Gasteiger partial charge >= 0.3 is 0 Å². The van der Waals surface area contributed by atoms with Crippen molar-refractivity contribution in [3.8, 4) is 17.6 Å². The van der Waals surface area contributed by atoms with E-state index in [1.165, 1.54) is 0 Å². The smallest absolute Gasteiger partial charge is 0.119 e. The Morgan fingerprint density at radius 1 is 1.22 bits per heavy atom. The third-order valence-electron chi connectivity index (χ3n) is 2.08. The van der Waals surface area contributed by atoms with Crippen LogP contribution in [0.2, 0.25) is 0 Å². The standard InChI is InChI=1S/C15H21NOS/c1-15(2,3)18-12-11-17-14-8-6-13(7-9-14)5-4-10-16/h6-9H,10-12,16H2,1-3H3. The van der Waals surface area contributed by atoms with Crippen LogP contribution in [0.25, 0.3) is 0 Å². The van der Waals surface area contributed by atoms with Gasteiger partial charge in [-0.1, -0.05) is 32.6 Å². The normalized spacial score (nSPS) is 10.7. The summed E-state index contributed by atoms with van der Waals surface area (Å²) in [5, 5.41) is 0. The van der Waals surface area contributed by atoms with E-state index in [9.17, 15) is 0 Å². The molecule has 0 aliphatic rings. The molecule has 0 aliphatic heterocycles. The zero-order valence-electron chi connectivity index (χ0n) is 11.3. The highest BCUT2D eigenvalue weighted by atomic mass is 32.2. The number of ether oxygens (including phenoxy) is 1. The molecule has 0 radical (unpaired) electrons. The van der Waals surface area contributed by atoms with Gasteiger partial charge in [0.2, 0.25) is 0 Å². The summed E-state index contributed by atoms with van der Waals surface area (Å²) < 4.78 is 5.96. The summed E-state index contributed by atoms with van der Waals surface area (Å²) in [4.78, 5) is 0. The lowest BCUT2D eigenvalue weighted by atomic mass is 10.2. The molecule has 0 amide bonds. The third kappa shape index (κ3) is 6.58. The number of hydrogen-bond donors (Lipinski definition) is 1. The fourth-order valence-electron chi connectivity index (χ4n) is 1.29. The van der Waals surface area contributed by atoms with Crippen molar-refractivity contribution >= 4 is 11.8 Å². The number of rotatable bonds is 4. The Balaban J connectivity index is 2.35. The van der Waals surface area contributed by atoms with Crippen molar-refractivity contribution in [3.05, 3.63) is 29.8 Å². The molecule has 1 aromatic rings. The minimum atomic E-state index is 0.297. The maximum Gasteiger partial charge on any atom is 0.119 e. The fraction of sp³-hybridized carbons (Fsp3) is 0.467. The maximum absolute atomic E-state index is 5.67. The Bertz CT molecular complexity index is 409. The highest BCUT2D eigenvalue weighted by Gasteiger charge is 2.09. The van der Waals surface area contributed by atoms with E-state index < -0.39 is 0 Å². The van der Waals surface area contributed by atoms with Gasteiger partial charge in [-0.3, -0.25) is 0 Å². The SMILES string of the molecule is CC(C)(C)SCCOc1ccc(C#CCN)cc1.